The third kappa shape index (κ3) is 5.76. The highest BCUT2D eigenvalue weighted by Gasteiger charge is 2.41. The van der Waals surface area contributed by atoms with E-state index in [0.717, 1.165) is 24.2 Å². The molecule has 3 nitrogen and oxygen atoms in total. The Balaban J connectivity index is 1.80. The van der Waals surface area contributed by atoms with Crippen molar-refractivity contribution >= 4 is 0 Å². The Kier molecular flexibility index (Phi) is 7.35. The molecule has 138 valence electrons. The Morgan fingerprint density at radius 3 is 2.60 bits per heavy atom. The van der Waals surface area contributed by atoms with Crippen molar-refractivity contribution in [2.75, 3.05) is 13.7 Å². The molecule has 25 heavy (non-hydrogen) atoms. The first kappa shape index (κ1) is 19.8. The van der Waals surface area contributed by atoms with Gasteiger partial charge in [-0.15, -0.1) is 0 Å². The maximum absolute atomic E-state index is 11.0. The number of ether oxygens (including phenoxy) is 2. The summed E-state index contributed by atoms with van der Waals surface area (Å²) >= 11 is 0. The molecule has 1 aromatic carbocycles. The molecule has 1 aliphatic rings. The van der Waals surface area contributed by atoms with Crippen molar-refractivity contribution in [2.24, 2.45) is 17.8 Å². The number of methoxy groups -OCH3 is 1. The van der Waals surface area contributed by atoms with Crippen LogP contribution in [0.25, 0.3) is 0 Å². The molecule has 1 saturated carbocycles. The predicted octanol–water partition coefficient (Wildman–Crippen LogP) is 4.43. The zero-order valence-corrected chi connectivity index (χ0v) is 16.0. The Labute approximate surface area is 152 Å². The Hall–Kier alpha value is -1.50. The first-order valence-electron chi connectivity index (χ1n) is 9.37. The summed E-state index contributed by atoms with van der Waals surface area (Å²) in [5, 5.41) is 11.0. The van der Waals surface area contributed by atoms with Crippen LogP contribution in [0, 0.1) is 29.6 Å². The normalized spacial score (nSPS) is 26.2. The molecule has 0 bridgehead atoms. The smallest absolute Gasteiger partial charge is 0.128 e. The molecule has 0 amide bonds. The fourth-order valence-electron chi connectivity index (χ4n) is 3.77. The lowest BCUT2D eigenvalue weighted by molar-refractivity contribution is -0.0327. The largest absolute Gasteiger partial charge is 0.497 e. The molecule has 0 radical (unpaired) electrons. The van der Waals surface area contributed by atoms with Crippen LogP contribution < -0.4 is 4.74 Å². The lowest BCUT2D eigenvalue weighted by Gasteiger charge is -2.41. The van der Waals surface area contributed by atoms with Crippen molar-refractivity contribution < 1.29 is 14.6 Å². The summed E-state index contributed by atoms with van der Waals surface area (Å²) in [6.45, 7) is 7.73. The van der Waals surface area contributed by atoms with Gasteiger partial charge in [0.05, 0.1) is 20.3 Å². The lowest BCUT2D eigenvalue weighted by atomic mass is 9.67. The highest BCUT2D eigenvalue weighted by Crippen LogP contribution is 2.40. The van der Waals surface area contributed by atoms with E-state index in [2.05, 4.69) is 32.6 Å². The average molecular weight is 344 g/mol. The lowest BCUT2D eigenvalue weighted by Crippen LogP contribution is -2.44. The van der Waals surface area contributed by atoms with Crippen LogP contribution in [0.3, 0.4) is 0 Å². The van der Waals surface area contributed by atoms with Gasteiger partial charge in [-0.05, 0) is 42.4 Å². The number of benzene rings is 1. The minimum Gasteiger partial charge on any atom is -0.497 e. The van der Waals surface area contributed by atoms with Crippen LogP contribution in [0.4, 0.5) is 0 Å². The van der Waals surface area contributed by atoms with Crippen LogP contribution in [0.1, 0.15) is 52.0 Å². The number of rotatable bonds is 6. The van der Waals surface area contributed by atoms with Gasteiger partial charge in [0, 0.05) is 12.3 Å². The van der Waals surface area contributed by atoms with Gasteiger partial charge in [-0.1, -0.05) is 51.2 Å². The van der Waals surface area contributed by atoms with Gasteiger partial charge >= 0.3 is 0 Å². The molecule has 0 saturated heterocycles. The molecule has 0 spiro atoms. The van der Waals surface area contributed by atoms with Crippen molar-refractivity contribution in [3.63, 3.8) is 0 Å². The third-order valence-corrected chi connectivity index (χ3v) is 5.15. The molecule has 0 unspecified atom stereocenters. The van der Waals surface area contributed by atoms with E-state index >= 15 is 0 Å². The van der Waals surface area contributed by atoms with E-state index in [4.69, 9.17) is 9.47 Å². The Bertz CT molecular complexity index is 582. The highest BCUT2D eigenvalue weighted by atomic mass is 16.5. The van der Waals surface area contributed by atoms with Crippen LogP contribution in [0.5, 0.6) is 5.75 Å². The molecule has 0 aliphatic heterocycles. The fraction of sp³-hybridized carbons (Fsp3) is 0.636. The van der Waals surface area contributed by atoms with Gasteiger partial charge in [0.15, 0.2) is 0 Å². The monoisotopic (exact) mass is 344 g/mol. The van der Waals surface area contributed by atoms with E-state index in [1.807, 2.05) is 24.3 Å². The minimum absolute atomic E-state index is 0.274. The quantitative estimate of drug-likeness (QED) is 0.613. The summed E-state index contributed by atoms with van der Waals surface area (Å²) in [5.74, 6) is 8.47. The van der Waals surface area contributed by atoms with E-state index < -0.39 is 5.60 Å². The molecule has 1 fully saturated rings. The number of hydrogen-bond donors (Lipinski definition) is 1. The maximum Gasteiger partial charge on any atom is 0.128 e. The molecule has 0 heterocycles. The van der Waals surface area contributed by atoms with Gasteiger partial charge in [-0.25, -0.2) is 0 Å². The molecule has 1 N–H and O–H groups in total. The second-order valence-corrected chi connectivity index (χ2v) is 7.61. The van der Waals surface area contributed by atoms with Crippen LogP contribution in [0.2, 0.25) is 0 Å². The molecule has 1 aliphatic carbocycles. The van der Waals surface area contributed by atoms with Crippen molar-refractivity contribution in [3.8, 4) is 17.6 Å². The summed E-state index contributed by atoms with van der Waals surface area (Å²) in [6.07, 6.45) is 3.70. The molecule has 1 aromatic rings. The second-order valence-electron chi connectivity index (χ2n) is 7.61. The van der Waals surface area contributed by atoms with Crippen LogP contribution >= 0.6 is 0 Å². The highest BCUT2D eigenvalue weighted by molar-refractivity contribution is 5.26. The molecule has 3 heteroatoms. The standard InChI is InChI=1S/C22H32O3/c1-17(2)21-12-7-18(3)15-22(21,23)13-5-6-14-25-16-19-8-10-20(24-4)11-9-19/h8-11,17-18,21,23H,6-7,12,14-16H2,1-4H3/t18-,21+,22+/m1/s1. The molecule has 0 aromatic heterocycles. The molecular weight excluding hydrogens is 312 g/mol. The van der Waals surface area contributed by atoms with Gasteiger partial charge in [0.1, 0.15) is 11.4 Å². The Morgan fingerprint density at radius 1 is 1.24 bits per heavy atom. The van der Waals surface area contributed by atoms with E-state index in [1.165, 1.54) is 6.42 Å². The van der Waals surface area contributed by atoms with E-state index in [-0.39, 0.29) is 5.92 Å². The summed E-state index contributed by atoms with van der Waals surface area (Å²) in [4.78, 5) is 0. The fourth-order valence-corrected chi connectivity index (χ4v) is 3.77. The minimum atomic E-state index is -0.832. The number of hydrogen-bond acceptors (Lipinski definition) is 3. The van der Waals surface area contributed by atoms with Gasteiger partial charge in [-0.2, -0.15) is 0 Å². The van der Waals surface area contributed by atoms with Crippen LogP contribution in [-0.2, 0) is 11.3 Å². The van der Waals surface area contributed by atoms with E-state index in [9.17, 15) is 5.11 Å². The summed E-state index contributed by atoms with van der Waals surface area (Å²) < 4.78 is 10.8. The molecule has 3 atom stereocenters. The summed E-state index contributed by atoms with van der Waals surface area (Å²) in [5.41, 5.74) is 0.287. The summed E-state index contributed by atoms with van der Waals surface area (Å²) in [6, 6.07) is 7.88. The van der Waals surface area contributed by atoms with Gasteiger partial charge in [0.2, 0.25) is 0 Å². The zero-order chi connectivity index (χ0) is 18.3. The van der Waals surface area contributed by atoms with Gasteiger partial charge < -0.3 is 14.6 Å². The van der Waals surface area contributed by atoms with Crippen LogP contribution in [0.15, 0.2) is 24.3 Å². The van der Waals surface area contributed by atoms with E-state index in [1.54, 1.807) is 7.11 Å². The molecular formula is C22H32O3. The zero-order valence-electron chi connectivity index (χ0n) is 16.0. The molecule has 2 rings (SSSR count). The number of aliphatic hydroxyl groups is 1. The van der Waals surface area contributed by atoms with Crippen LogP contribution in [-0.4, -0.2) is 24.4 Å². The van der Waals surface area contributed by atoms with Crippen molar-refractivity contribution in [2.45, 2.75) is 58.7 Å². The van der Waals surface area contributed by atoms with Crippen molar-refractivity contribution in [1.82, 2.24) is 0 Å². The summed E-state index contributed by atoms with van der Waals surface area (Å²) in [7, 11) is 1.66. The van der Waals surface area contributed by atoms with E-state index in [0.29, 0.717) is 31.5 Å². The third-order valence-electron chi connectivity index (χ3n) is 5.15. The predicted molar refractivity (Wildman–Crippen MR) is 101 cm³/mol. The second kappa shape index (κ2) is 9.27. The van der Waals surface area contributed by atoms with Gasteiger partial charge in [0.25, 0.3) is 0 Å². The first-order valence-corrected chi connectivity index (χ1v) is 9.37. The Morgan fingerprint density at radius 2 is 1.96 bits per heavy atom. The topological polar surface area (TPSA) is 38.7 Å². The maximum atomic E-state index is 11.0. The van der Waals surface area contributed by atoms with Gasteiger partial charge in [-0.3, -0.25) is 0 Å². The SMILES string of the molecule is COc1ccc(COCCC#C[C@]2(O)C[C@H](C)CC[C@H]2C(C)C)cc1. The van der Waals surface area contributed by atoms with Crippen molar-refractivity contribution in [3.05, 3.63) is 29.8 Å². The first-order chi connectivity index (χ1) is 11.9. The average Bonchev–Trinajstić information content (AvgIpc) is 2.58. The van der Waals surface area contributed by atoms with Crippen molar-refractivity contribution in [1.29, 1.82) is 0 Å².